The number of anilines is 2. The van der Waals surface area contributed by atoms with E-state index < -0.39 is 0 Å². The number of hydrogen-bond donors (Lipinski definition) is 1. The first kappa shape index (κ1) is 18.9. The van der Waals surface area contributed by atoms with Gasteiger partial charge in [0.1, 0.15) is 0 Å². The van der Waals surface area contributed by atoms with Crippen LogP contribution in [0.15, 0.2) is 36.4 Å². The lowest BCUT2D eigenvalue weighted by Gasteiger charge is -2.30. The summed E-state index contributed by atoms with van der Waals surface area (Å²) in [7, 11) is 0. The van der Waals surface area contributed by atoms with E-state index in [1.54, 1.807) is 6.07 Å². The van der Waals surface area contributed by atoms with E-state index in [0.717, 1.165) is 41.9 Å². The van der Waals surface area contributed by atoms with Gasteiger partial charge in [-0.05, 0) is 54.7 Å². The zero-order chi connectivity index (χ0) is 16.4. The molecule has 0 saturated carbocycles. The molecule has 1 amide bonds. The van der Waals surface area contributed by atoms with Gasteiger partial charge >= 0.3 is 0 Å². The molecule has 0 bridgehead atoms. The van der Waals surface area contributed by atoms with Crippen molar-refractivity contribution in [1.29, 1.82) is 0 Å². The highest BCUT2D eigenvalue weighted by molar-refractivity contribution is 6.42. The third kappa shape index (κ3) is 3.97. The molecule has 2 aromatic rings. The summed E-state index contributed by atoms with van der Waals surface area (Å²) in [6.45, 7) is 0.747. The minimum atomic E-state index is 0. The van der Waals surface area contributed by atoms with Crippen LogP contribution < -0.4 is 10.6 Å². The minimum Gasteiger partial charge on any atom is -0.398 e. The average molecular weight is 386 g/mol. The van der Waals surface area contributed by atoms with Gasteiger partial charge in [0.2, 0.25) is 5.91 Å². The first-order chi connectivity index (χ1) is 11.1. The summed E-state index contributed by atoms with van der Waals surface area (Å²) in [5.41, 5.74) is 9.85. The van der Waals surface area contributed by atoms with E-state index in [2.05, 4.69) is 0 Å². The van der Waals surface area contributed by atoms with Gasteiger partial charge in [-0.15, -0.1) is 12.4 Å². The van der Waals surface area contributed by atoms with Gasteiger partial charge in [0, 0.05) is 24.3 Å². The maximum Gasteiger partial charge on any atom is 0.227 e. The molecule has 0 aliphatic carbocycles. The molecule has 3 nitrogen and oxygen atoms in total. The van der Waals surface area contributed by atoms with E-state index in [1.165, 1.54) is 0 Å². The van der Waals surface area contributed by atoms with Gasteiger partial charge in [0.15, 0.2) is 0 Å². The molecular weight excluding hydrogens is 367 g/mol. The Morgan fingerprint density at radius 3 is 2.71 bits per heavy atom. The summed E-state index contributed by atoms with van der Waals surface area (Å²) in [6.07, 6.45) is 2.95. The number of rotatable bonds is 3. The molecule has 6 heteroatoms. The molecule has 0 radical (unpaired) electrons. The topological polar surface area (TPSA) is 46.3 Å². The van der Waals surface area contributed by atoms with Gasteiger partial charge in [-0.2, -0.15) is 0 Å². The predicted octanol–water partition coefficient (Wildman–Crippen LogP) is 4.91. The number of carbonyl (C=O) groups is 1. The van der Waals surface area contributed by atoms with Crippen molar-refractivity contribution < 1.29 is 4.79 Å². The molecule has 0 fully saturated rings. The number of benzene rings is 2. The van der Waals surface area contributed by atoms with Crippen LogP contribution in [-0.4, -0.2) is 12.5 Å². The average Bonchev–Trinajstić information content (AvgIpc) is 2.55. The van der Waals surface area contributed by atoms with Crippen LogP contribution >= 0.6 is 35.6 Å². The Morgan fingerprint density at radius 2 is 1.96 bits per heavy atom. The van der Waals surface area contributed by atoms with E-state index in [-0.39, 0.29) is 18.3 Å². The second-order valence-corrected chi connectivity index (χ2v) is 6.56. The third-order valence-corrected chi connectivity index (χ3v) is 4.94. The first-order valence-corrected chi connectivity index (χ1v) is 8.43. The minimum absolute atomic E-state index is 0. The second kappa shape index (κ2) is 8.11. The summed E-state index contributed by atoms with van der Waals surface area (Å²) in [6, 6.07) is 11.3. The summed E-state index contributed by atoms with van der Waals surface area (Å²) < 4.78 is 0. The lowest BCUT2D eigenvalue weighted by molar-refractivity contribution is -0.118. The molecule has 2 N–H and O–H groups in total. The van der Waals surface area contributed by atoms with Crippen LogP contribution in [0.5, 0.6) is 0 Å². The van der Waals surface area contributed by atoms with E-state index in [0.29, 0.717) is 22.9 Å². The Bertz CT molecular complexity index is 749. The Labute approximate surface area is 158 Å². The van der Waals surface area contributed by atoms with Gasteiger partial charge in [-0.1, -0.05) is 35.3 Å². The first-order valence-electron chi connectivity index (χ1n) is 7.68. The largest absolute Gasteiger partial charge is 0.398 e. The van der Waals surface area contributed by atoms with E-state index in [1.807, 2.05) is 35.2 Å². The van der Waals surface area contributed by atoms with Gasteiger partial charge in [0.05, 0.1) is 10.0 Å². The standard InChI is InChI=1S/C18H18Cl2N2O.ClH/c19-14-8-6-12(11-15(14)20)7-9-18(23)22-10-2-3-13-16(21)4-1-5-17(13)22;/h1,4-6,8,11H,2-3,7,9-10,21H2;1H. The number of carbonyl (C=O) groups excluding carboxylic acids is 1. The molecule has 2 aromatic carbocycles. The molecule has 0 atom stereocenters. The van der Waals surface area contributed by atoms with Gasteiger partial charge in [0.25, 0.3) is 0 Å². The van der Waals surface area contributed by atoms with E-state index in [4.69, 9.17) is 28.9 Å². The van der Waals surface area contributed by atoms with Crippen molar-refractivity contribution >= 4 is 52.9 Å². The number of fused-ring (bicyclic) bond motifs is 1. The van der Waals surface area contributed by atoms with Crippen molar-refractivity contribution in [3.05, 3.63) is 57.6 Å². The van der Waals surface area contributed by atoms with Crippen LogP contribution in [0, 0.1) is 0 Å². The van der Waals surface area contributed by atoms with Crippen LogP contribution in [0.25, 0.3) is 0 Å². The van der Waals surface area contributed by atoms with Crippen molar-refractivity contribution in [2.45, 2.75) is 25.7 Å². The summed E-state index contributed by atoms with van der Waals surface area (Å²) in [5.74, 6) is 0.114. The van der Waals surface area contributed by atoms with Crippen LogP contribution in [0.1, 0.15) is 24.0 Å². The quantitative estimate of drug-likeness (QED) is 0.763. The summed E-state index contributed by atoms with van der Waals surface area (Å²) in [5, 5.41) is 1.05. The molecule has 128 valence electrons. The second-order valence-electron chi connectivity index (χ2n) is 5.74. The zero-order valence-electron chi connectivity index (χ0n) is 13.1. The number of nitrogens with two attached hydrogens (primary N) is 1. The number of nitrogen functional groups attached to an aromatic ring is 1. The van der Waals surface area contributed by atoms with Crippen molar-refractivity contribution in [2.24, 2.45) is 0 Å². The Hall–Kier alpha value is -1.42. The zero-order valence-corrected chi connectivity index (χ0v) is 15.4. The maximum atomic E-state index is 12.6. The number of halogens is 3. The van der Waals surface area contributed by atoms with Crippen LogP contribution in [0.4, 0.5) is 11.4 Å². The van der Waals surface area contributed by atoms with E-state index >= 15 is 0 Å². The monoisotopic (exact) mass is 384 g/mol. The van der Waals surface area contributed by atoms with Crippen molar-refractivity contribution in [2.75, 3.05) is 17.2 Å². The lowest BCUT2D eigenvalue weighted by atomic mass is 9.99. The fourth-order valence-electron chi connectivity index (χ4n) is 2.99. The predicted molar refractivity (Wildman–Crippen MR) is 104 cm³/mol. The van der Waals surface area contributed by atoms with Crippen LogP contribution in [0.3, 0.4) is 0 Å². The molecule has 0 spiro atoms. The fraction of sp³-hybridized carbons (Fsp3) is 0.278. The number of amides is 1. The van der Waals surface area contributed by atoms with Gasteiger partial charge in [-0.25, -0.2) is 0 Å². The number of hydrogen-bond acceptors (Lipinski definition) is 2. The Morgan fingerprint density at radius 1 is 1.17 bits per heavy atom. The molecule has 24 heavy (non-hydrogen) atoms. The third-order valence-electron chi connectivity index (χ3n) is 4.20. The normalized spacial score (nSPS) is 13.2. The summed E-state index contributed by atoms with van der Waals surface area (Å²) >= 11 is 11.9. The fourth-order valence-corrected chi connectivity index (χ4v) is 3.31. The Balaban J connectivity index is 0.00000208. The van der Waals surface area contributed by atoms with Gasteiger partial charge < -0.3 is 10.6 Å². The number of nitrogens with zero attached hydrogens (tertiary/aromatic N) is 1. The number of aryl methyl sites for hydroxylation is 1. The Kier molecular flexibility index (Phi) is 6.39. The highest BCUT2D eigenvalue weighted by Crippen LogP contribution is 2.32. The van der Waals surface area contributed by atoms with Crippen LogP contribution in [0.2, 0.25) is 10.0 Å². The molecule has 0 aromatic heterocycles. The lowest BCUT2D eigenvalue weighted by Crippen LogP contribution is -2.35. The van der Waals surface area contributed by atoms with Crippen molar-refractivity contribution in [3.63, 3.8) is 0 Å². The van der Waals surface area contributed by atoms with E-state index in [9.17, 15) is 4.79 Å². The highest BCUT2D eigenvalue weighted by Gasteiger charge is 2.23. The van der Waals surface area contributed by atoms with Crippen molar-refractivity contribution in [3.8, 4) is 0 Å². The van der Waals surface area contributed by atoms with Gasteiger partial charge in [-0.3, -0.25) is 4.79 Å². The molecule has 3 rings (SSSR count). The smallest absolute Gasteiger partial charge is 0.227 e. The molecule has 1 heterocycles. The molecule has 0 saturated heterocycles. The van der Waals surface area contributed by atoms with Crippen molar-refractivity contribution in [1.82, 2.24) is 0 Å². The molecular formula is C18H19Cl3N2O. The van der Waals surface area contributed by atoms with Crippen LogP contribution in [-0.2, 0) is 17.6 Å². The molecule has 1 aliphatic heterocycles. The SMILES string of the molecule is Cl.Nc1cccc2c1CCCN2C(=O)CCc1ccc(Cl)c(Cl)c1. The molecule has 1 aliphatic rings. The maximum absolute atomic E-state index is 12.6. The highest BCUT2D eigenvalue weighted by atomic mass is 35.5. The summed E-state index contributed by atoms with van der Waals surface area (Å²) in [4.78, 5) is 14.5. The molecule has 0 unspecified atom stereocenters.